The van der Waals surface area contributed by atoms with Gasteiger partial charge in [-0.1, -0.05) is 60.7 Å². The lowest BCUT2D eigenvalue weighted by Crippen LogP contribution is -2.41. The first kappa shape index (κ1) is 23.7. The first-order valence-corrected chi connectivity index (χ1v) is 13.3. The number of benzene rings is 3. The van der Waals surface area contributed by atoms with E-state index in [2.05, 4.69) is 22.3 Å². The minimum atomic E-state index is -3.66. The predicted molar refractivity (Wildman–Crippen MR) is 134 cm³/mol. The summed E-state index contributed by atoms with van der Waals surface area (Å²) >= 11 is 0. The first-order valence-electron chi connectivity index (χ1n) is 11.9. The van der Waals surface area contributed by atoms with Gasteiger partial charge in [-0.2, -0.15) is 4.31 Å². The van der Waals surface area contributed by atoms with Gasteiger partial charge in [0.1, 0.15) is 6.04 Å². The number of nitrogens with zero attached hydrogens (tertiary/aromatic N) is 2. The SMILES string of the molecule is O=C(Nc1cccc(S(=O)(=O)N2CCOCC2)c1)C(c1ccccc1)N1CCc2ccccc2C1. The Labute approximate surface area is 206 Å². The lowest BCUT2D eigenvalue weighted by molar-refractivity contribution is -0.122. The Morgan fingerprint density at radius 3 is 2.34 bits per heavy atom. The quantitative estimate of drug-likeness (QED) is 0.572. The molecule has 182 valence electrons. The van der Waals surface area contributed by atoms with Crippen LogP contribution in [-0.4, -0.2) is 56.4 Å². The number of carbonyl (C=O) groups excluding carboxylic acids is 1. The number of morpholine rings is 1. The molecule has 2 aliphatic rings. The highest BCUT2D eigenvalue weighted by Crippen LogP contribution is 2.30. The molecular weight excluding hydrogens is 462 g/mol. The average Bonchev–Trinajstić information content (AvgIpc) is 2.90. The van der Waals surface area contributed by atoms with Crippen LogP contribution in [-0.2, 0) is 32.5 Å². The number of anilines is 1. The second-order valence-electron chi connectivity index (χ2n) is 8.84. The summed E-state index contributed by atoms with van der Waals surface area (Å²) in [5.74, 6) is -0.184. The number of hydrogen-bond donors (Lipinski definition) is 1. The zero-order valence-corrected chi connectivity index (χ0v) is 20.3. The molecule has 1 fully saturated rings. The topological polar surface area (TPSA) is 79.0 Å². The van der Waals surface area contributed by atoms with Crippen LogP contribution in [0.5, 0.6) is 0 Å². The van der Waals surface area contributed by atoms with Crippen molar-refractivity contribution in [3.05, 3.63) is 95.6 Å². The van der Waals surface area contributed by atoms with Crippen LogP contribution in [0, 0.1) is 0 Å². The van der Waals surface area contributed by atoms with Crippen molar-refractivity contribution in [1.82, 2.24) is 9.21 Å². The molecule has 7 nitrogen and oxygen atoms in total. The van der Waals surface area contributed by atoms with Crippen molar-refractivity contribution >= 4 is 21.6 Å². The van der Waals surface area contributed by atoms with Crippen molar-refractivity contribution in [2.75, 3.05) is 38.2 Å². The van der Waals surface area contributed by atoms with Gasteiger partial charge in [0.25, 0.3) is 0 Å². The molecule has 1 amide bonds. The predicted octanol–water partition coefficient (Wildman–Crippen LogP) is 3.45. The van der Waals surface area contributed by atoms with Crippen LogP contribution >= 0.6 is 0 Å². The number of sulfonamides is 1. The minimum Gasteiger partial charge on any atom is -0.379 e. The third-order valence-corrected chi connectivity index (χ3v) is 8.49. The molecule has 8 heteroatoms. The third-order valence-electron chi connectivity index (χ3n) is 6.60. The van der Waals surface area contributed by atoms with Crippen LogP contribution in [0.3, 0.4) is 0 Å². The molecule has 1 saturated heterocycles. The second kappa shape index (κ2) is 10.3. The van der Waals surface area contributed by atoms with E-state index in [0.29, 0.717) is 38.5 Å². The van der Waals surface area contributed by atoms with E-state index in [0.717, 1.165) is 18.5 Å². The molecular formula is C27H29N3O4S. The van der Waals surface area contributed by atoms with Gasteiger partial charge in [-0.25, -0.2) is 8.42 Å². The average molecular weight is 492 g/mol. The number of fused-ring (bicyclic) bond motifs is 1. The second-order valence-corrected chi connectivity index (χ2v) is 10.8. The van der Waals surface area contributed by atoms with Crippen molar-refractivity contribution < 1.29 is 17.9 Å². The van der Waals surface area contributed by atoms with Crippen LogP contribution in [0.4, 0.5) is 5.69 Å². The van der Waals surface area contributed by atoms with Gasteiger partial charge in [-0.05, 0) is 41.3 Å². The van der Waals surface area contributed by atoms with Crippen molar-refractivity contribution in [2.24, 2.45) is 0 Å². The van der Waals surface area contributed by atoms with Crippen molar-refractivity contribution in [3.63, 3.8) is 0 Å². The van der Waals surface area contributed by atoms with E-state index in [9.17, 15) is 13.2 Å². The largest absolute Gasteiger partial charge is 0.379 e. The Kier molecular flexibility index (Phi) is 6.97. The summed E-state index contributed by atoms with van der Waals surface area (Å²) in [6.45, 7) is 2.85. The summed E-state index contributed by atoms with van der Waals surface area (Å²) in [7, 11) is -3.66. The minimum absolute atomic E-state index is 0.167. The Morgan fingerprint density at radius 2 is 1.57 bits per heavy atom. The van der Waals surface area contributed by atoms with E-state index in [1.54, 1.807) is 18.2 Å². The number of hydrogen-bond acceptors (Lipinski definition) is 5. The van der Waals surface area contributed by atoms with Gasteiger partial charge < -0.3 is 10.1 Å². The molecule has 0 aliphatic carbocycles. The van der Waals surface area contributed by atoms with Gasteiger partial charge >= 0.3 is 0 Å². The fourth-order valence-electron chi connectivity index (χ4n) is 4.78. The number of carbonyl (C=O) groups is 1. The van der Waals surface area contributed by atoms with E-state index in [1.807, 2.05) is 42.5 Å². The normalized spacial score (nSPS) is 17.9. The van der Waals surface area contributed by atoms with Crippen molar-refractivity contribution in [1.29, 1.82) is 0 Å². The lowest BCUT2D eigenvalue weighted by Gasteiger charge is -2.35. The molecule has 0 saturated carbocycles. The van der Waals surface area contributed by atoms with E-state index >= 15 is 0 Å². The number of ether oxygens (including phenoxy) is 1. The molecule has 0 spiro atoms. The van der Waals surface area contributed by atoms with Gasteiger partial charge in [-0.15, -0.1) is 0 Å². The van der Waals surface area contributed by atoms with Gasteiger partial charge in [0, 0.05) is 31.9 Å². The van der Waals surface area contributed by atoms with E-state index < -0.39 is 16.1 Å². The summed E-state index contributed by atoms with van der Waals surface area (Å²) in [6, 6.07) is 24.1. The number of nitrogens with one attached hydrogen (secondary N) is 1. The first-order chi connectivity index (χ1) is 17.0. The Hall–Kier alpha value is -3.04. The van der Waals surface area contributed by atoms with E-state index in [4.69, 9.17) is 4.74 Å². The molecule has 1 atom stereocenters. The van der Waals surface area contributed by atoms with Crippen molar-refractivity contribution in [3.8, 4) is 0 Å². The molecule has 0 radical (unpaired) electrons. The molecule has 35 heavy (non-hydrogen) atoms. The van der Waals surface area contributed by atoms with E-state index in [-0.39, 0.29) is 10.8 Å². The molecule has 1 unspecified atom stereocenters. The monoisotopic (exact) mass is 491 g/mol. The lowest BCUT2D eigenvalue weighted by atomic mass is 9.96. The summed E-state index contributed by atoms with van der Waals surface area (Å²) in [5.41, 5.74) is 3.91. The zero-order chi connectivity index (χ0) is 24.3. The van der Waals surface area contributed by atoms with Crippen LogP contribution in [0.25, 0.3) is 0 Å². The van der Waals surface area contributed by atoms with E-state index in [1.165, 1.54) is 21.5 Å². The maximum Gasteiger partial charge on any atom is 0.246 e. The number of amides is 1. The Bertz CT molecular complexity index is 1290. The van der Waals surface area contributed by atoms with Crippen LogP contribution < -0.4 is 5.32 Å². The van der Waals surface area contributed by atoms with Gasteiger partial charge in [0.2, 0.25) is 15.9 Å². The molecule has 3 aromatic carbocycles. The summed E-state index contributed by atoms with van der Waals surface area (Å²) in [4.78, 5) is 16.0. The third kappa shape index (κ3) is 5.16. The van der Waals surface area contributed by atoms with Gasteiger partial charge in [0.15, 0.2) is 0 Å². The molecule has 2 aliphatic heterocycles. The fourth-order valence-corrected chi connectivity index (χ4v) is 6.24. The molecule has 0 bridgehead atoms. The highest BCUT2D eigenvalue weighted by atomic mass is 32.2. The summed E-state index contributed by atoms with van der Waals surface area (Å²) in [5, 5.41) is 2.99. The standard InChI is InChI=1S/C27H29N3O4S/c31-27(28-24-11-6-12-25(19-24)35(32,33)30-15-17-34-18-16-30)26(22-8-2-1-3-9-22)29-14-13-21-7-4-5-10-23(21)20-29/h1-12,19,26H,13-18,20H2,(H,28,31). The molecule has 3 aromatic rings. The van der Waals surface area contributed by atoms with Crippen LogP contribution in [0.15, 0.2) is 83.8 Å². The smallest absolute Gasteiger partial charge is 0.246 e. The fraction of sp³-hybridized carbons (Fsp3) is 0.296. The summed E-state index contributed by atoms with van der Waals surface area (Å²) in [6.07, 6.45) is 0.875. The highest BCUT2D eigenvalue weighted by molar-refractivity contribution is 7.89. The molecule has 0 aromatic heterocycles. The highest BCUT2D eigenvalue weighted by Gasteiger charge is 2.31. The summed E-state index contributed by atoms with van der Waals surface area (Å²) < 4.78 is 32.9. The van der Waals surface area contributed by atoms with Gasteiger partial charge in [-0.3, -0.25) is 9.69 Å². The molecule has 5 rings (SSSR count). The maximum atomic E-state index is 13.7. The van der Waals surface area contributed by atoms with Crippen molar-refractivity contribution in [2.45, 2.75) is 23.9 Å². The number of rotatable bonds is 6. The zero-order valence-electron chi connectivity index (χ0n) is 19.5. The van der Waals surface area contributed by atoms with Gasteiger partial charge in [0.05, 0.1) is 18.1 Å². The molecule has 2 heterocycles. The Balaban J connectivity index is 1.40. The molecule has 1 N–H and O–H groups in total. The van der Waals surface area contributed by atoms with Crippen LogP contribution in [0.1, 0.15) is 22.7 Å². The van der Waals surface area contributed by atoms with Crippen LogP contribution in [0.2, 0.25) is 0 Å². The Morgan fingerprint density at radius 1 is 0.857 bits per heavy atom. The maximum absolute atomic E-state index is 13.7.